The molecule has 0 fully saturated rings. The van der Waals surface area contributed by atoms with Crippen molar-refractivity contribution in [3.05, 3.63) is 77.1 Å². The van der Waals surface area contributed by atoms with Crippen LogP contribution in [-0.4, -0.2) is 28.3 Å². The molecule has 0 atom stereocenters. The van der Waals surface area contributed by atoms with Gasteiger partial charge in [0.15, 0.2) is 6.61 Å². The van der Waals surface area contributed by atoms with Crippen LogP contribution in [0, 0.1) is 25.5 Å². The molecule has 3 aromatic rings. The van der Waals surface area contributed by atoms with Crippen molar-refractivity contribution >= 4 is 17.6 Å². The van der Waals surface area contributed by atoms with E-state index in [0.717, 1.165) is 17.8 Å². The summed E-state index contributed by atoms with van der Waals surface area (Å²) in [6.07, 6.45) is 0. The molecule has 2 aromatic carbocycles. The van der Waals surface area contributed by atoms with E-state index in [1.54, 1.807) is 18.5 Å². The highest BCUT2D eigenvalue weighted by atomic mass is 19.1. The van der Waals surface area contributed by atoms with Crippen molar-refractivity contribution in [2.45, 2.75) is 13.8 Å². The van der Waals surface area contributed by atoms with Gasteiger partial charge in [0.25, 0.3) is 5.91 Å². The van der Waals surface area contributed by atoms with Crippen LogP contribution in [0.3, 0.4) is 0 Å². The summed E-state index contributed by atoms with van der Waals surface area (Å²) in [7, 11) is 0. The van der Waals surface area contributed by atoms with E-state index in [9.17, 15) is 18.4 Å². The average molecular weight is 385 g/mol. The highest BCUT2D eigenvalue weighted by molar-refractivity contribution is 5.96. The van der Waals surface area contributed by atoms with Gasteiger partial charge >= 0.3 is 5.97 Å². The van der Waals surface area contributed by atoms with Gasteiger partial charge in [-0.3, -0.25) is 4.79 Å². The molecule has 8 heteroatoms. The van der Waals surface area contributed by atoms with Crippen molar-refractivity contribution in [2.24, 2.45) is 0 Å². The van der Waals surface area contributed by atoms with E-state index >= 15 is 0 Å². The van der Waals surface area contributed by atoms with Crippen LogP contribution in [-0.2, 0) is 9.53 Å². The third-order valence-corrected chi connectivity index (χ3v) is 4.06. The summed E-state index contributed by atoms with van der Waals surface area (Å²) in [5.41, 5.74) is 1.40. The fourth-order valence-electron chi connectivity index (χ4n) is 2.75. The zero-order valence-electron chi connectivity index (χ0n) is 15.2. The summed E-state index contributed by atoms with van der Waals surface area (Å²) < 4.78 is 33.7. The first kappa shape index (κ1) is 19.2. The number of amides is 1. The molecule has 28 heavy (non-hydrogen) atoms. The molecular formula is C20H17F2N3O3. The number of hydrogen-bond acceptors (Lipinski definition) is 4. The molecule has 3 rings (SSSR count). The molecule has 0 saturated carbocycles. The SMILES string of the molecule is Cc1nn(-c2ccccc2)c(C)c1C(=O)OCC(=O)Nc1c(F)cccc1F. The van der Waals surface area contributed by atoms with Crippen molar-refractivity contribution < 1.29 is 23.1 Å². The van der Waals surface area contributed by atoms with Gasteiger partial charge in [0.05, 0.1) is 17.1 Å². The zero-order chi connectivity index (χ0) is 20.3. The lowest BCUT2D eigenvalue weighted by Crippen LogP contribution is -2.22. The van der Waals surface area contributed by atoms with E-state index < -0.39 is 35.8 Å². The van der Waals surface area contributed by atoms with E-state index in [0.29, 0.717) is 11.4 Å². The number of benzene rings is 2. The zero-order valence-corrected chi connectivity index (χ0v) is 15.2. The summed E-state index contributed by atoms with van der Waals surface area (Å²) in [5, 5.41) is 6.39. The molecular weight excluding hydrogens is 368 g/mol. The second-order valence-corrected chi connectivity index (χ2v) is 6.01. The van der Waals surface area contributed by atoms with Gasteiger partial charge in [0.1, 0.15) is 22.9 Å². The Morgan fingerprint density at radius 1 is 1.04 bits per heavy atom. The average Bonchev–Trinajstić information content (AvgIpc) is 2.98. The first-order chi connectivity index (χ1) is 13.4. The molecule has 0 radical (unpaired) electrons. The molecule has 0 aliphatic rings. The predicted molar refractivity (Wildman–Crippen MR) is 98.3 cm³/mol. The molecule has 0 saturated heterocycles. The number of rotatable bonds is 5. The molecule has 1 aromatic heterocycles. The highest BCUT2D eigenvalue weighted by Gasteiger charge is 2.22. The van der Waals surface area contributed by atoms with Crippen LogP contribution < -0.4 is 5.32 Å². The predicted octanol–water partition coefficient (Wildman–Crippen LogP) is 3.56. The molecule has 0 aliphatic carbocycles. The Balaban J connectivity index is 1.70. The first-order valence-corrected chi connectivity index (χ1v) is 8.41. The van der Waals surface area contributed by atoms with Gasteiger partial charge in [0.2, 0.25) is 0 Å². The number of anilines is 1. The van der Waals surface area contributed by atoms with Crippen molar-refractivity contribution in [3.63, 3.8) is 0 Å². The van der Waals surface area contributed by atoms with E-state index in [1.807, 2.05) is 30.3 Å². The standard InChI is InChI=1S/C20H17F2N3O3/c1-12-18(13(2)25(24-12)14-7-4-3-5-8-14)20(27)28-11-17(26)23-19-15(21)9-6-10-16(19)22/h3-10H,11H2,1-2H3,(H,23,26). The van der Waals surface area contributed by atoms with Crippen molar-refractivity contribution in [1.82, 2.24) is 9.78 Å². The number of ether oxygens (including phenoxy) is 1. The third-order valence-electron chi connectivity index (χ3n) is 4.06. The quantitative estimate of drug-likeness (QED) is 0.682. The summed E-state index contributed by atoms with van der Waals surface area (Å²) in [6, 6.07) is 12.4. The second kappa shape index (κ2) is 7.99. The van der Waals surface area contributed by atoms with Crippen molar-refractivity contribution in [3.8, 4) is 5.69 Å². The largest absolute Gasteiger partial charge is 0.452 e. The smallest absolute Gasteiger partial charge is 0.342 e. The summed E-state index contributed by atoms with van der Waals surface area (Å²) in [6.45, 7) is 2.66. The lowest BCUT2D eigenvalue weighted by Gasteiger charge is -2.08. The van der Waals surface area contributed by atoms with Crippen molar-refractivity contribution in [1.29, 1.82) is 0 Å². The summed E-state index contributed by atoms with van der Waals surface area (Å²) >= 11 is 0. The Bertz CT molecular complexity index is 1010. The van der Waals surface area contributed by atoms with E-state index in [4.69, 9.17) is 4.74 Å². The Morgan fingerprint density at radius 3 is 2.32 bits per heavy atom. The number of esters is 1. The van der Waals surface area contributed by atoms with Crippen LogP contribution in [0.4, 0.5) is 14.5 Å². The number of nitrogens with zero attached hydrogens (tertiary/aromatic N) is 2. The van der Waals surface area contributed by atoms with Crippen molar-refractivity contribution in [2.75, 3.05) is 11.9 Å². The number of halogens is 2. The number of carbonyl (C=O) groups is 2. The van der Waals surface area contributed by atoms with E-state index in [1.165, 1.54) is 6.07 Å². The number of aryl methyl sites for hydroxylation is 1. The number of aromatic nitrogens is 2. The monoisotopic (exact) mass is 385 g/mol. The lowest BCUT2D eigenvalue weighted by atomic mass is 10.2. The Morgan fingerprint density at radius 2 is 1.68 bits per heavy atom. The highest BCUT2D eigenvalue weighted by Crippen LogP contribution is 2.20. The molecule has 6 nitrogen and oxygen atoms in total. The summed E-state index contributed by atoms with van der Waals surface area (Å²) in [4.78, 5) is 24.3. The second-order valence-electron chi connectivity index (χ2n) is 6.01. The molecule has 0 aliphatic heterocycles. The molecule has 0 spiro atoms. The molecule has 1 N–H and O–H groups in total. The summed E-state index contributed by atoms with van der Waals surface area (Å²) in [5.74, 6) is -3.45. The van der Waals surface area contributed by atoms with E-state index in [2.05, 4.69) is 10.4 Å². The first-order valence-electron chi connectivity index (χ1n) is 8.41. The number of carbonyl (C=O) groups excluding carboxylic acids is 2. The van der Waals surface area contributed by atoms with Gasteiger partial charge in [-0.2, -0.15) is 5.10 Å². The lowest BCUT2D eigenvalue weighted by molar-refractivity contribution is -0.119. The van der Waals surface area contributed by atoms with Crippen LogP contribution >= 0.6 is 0 Å². The minimum absolute atomic E-state index is 0.230. The van der Waals surface area contributed by atoms with Gasteiger partial charge in [-0.05, 0) is 38.1 Å². The Hall–Kier alpha value is -3.55. The topological polar surface area (TPSA) is 73.2 Å². The van der Waals surface area contributed by atoms with Gasteiger partial charge in [0, 0.05) is 0 Å². The van der Waals surface area contributed by atoms with Gasteiger partial charge in [-0.15, -0.1) is 0 Å². The van der Waals surface area contributed by atoms with Crippen LogP contribution in [0.15, 0.2) is 48.5 Å². The maximum absolute atomic E-state index is 13.6. The molecule has 1 heterocycles. The third kappa shape index (κ3) is 3.90. The minimum atomic E-state index is -0.921. The fourth-order valence-corrected chi connectivity index (χ4v) is 2.75. The number of para-hydroxylation sites is 2. The number of nitrogens with one attached hydrogen (secondary N) is 1. The number of hydrogen-bond donors (Lipinski definition) is 1. The van der Waals surface area contributed by atoms with Gasteiger partial charge < -0.3 is 10.1 Å². The van der Waals surface area contributed by atoms with Crippen LogP contribution in [0.2, 0.25) is 0 Å². The van der Waals surface area contributed by atoms with E-state index in [-0.39, 0.29) is 5.56 Å². The van der Waals surface area contributed by atoms with Crippen LogP contribution in [0.5, 0.6) is 0 Å². The van der Waals surface area contributed by atoms with Gasteiger partial charge in [-0.1, -0.05) is 24.3 Å². The van der Waals surface area contributed by atoms with Crippen LogP contribution in [0.25, 0.3) is 5.69 Å². The Labute approximate surface area is 159 Å². The molecule has 144 valence electrons. The maximum atomic E-state index is 13.6. The normalized spacial score (nSPS) is 10.6. The Kier molecular flexibility index (Phi) is 5.49. The van der Waals surface area contributed by atoms with Crippen LogP contribution in [0.1, 0.15) is 21.7 Å². The molecule has 0 unspecified atom stereocenters. The minimum Gasteiger partial charge on any atom is -0.452 e. The fraction of sp³-hybridized carbons (Fsp3) is 0.150. The van der Waals surface area contributed by atoms with Gasteiger partial charge in [-0.25, -0.2) is 18.3 Å². The molecule has 1 amide bonds. The maximum Gasteiger partial charge on any atom is 0.342 e. The molecule has 0 bridgehead atoms.